The molecule has 0 radical (unpaired) electrons. The van der Waals surface area contributed by atoms with Gasteiger partial charge in [-0.2, -0.15) is 0 Å². The van der Waals surface area contributed by atoms with Crippen molar-refractivity contribution in [2.45, 2.75) is 0 Å². The number of benzene rings is 5. The monoisotopic (exact) mass is 603 g/mol. The molecule has 9 aromatic rings. The molecule has 0 atom stereocenters. The Morgan fingerprint density at radius 2 is 0.894 bits per heavy atom. The molecular formula is C41H25N5O. The van der Waals surface area contributed by atoms with Crippen molar-refractivity contribution in [2.75, 3.05) is 0 Å². The van der Waals surface area contributed by atoms with Gasteiger partial charge in [-0.05, 0) is 35.9 Å². The van der Waals surface area contributed by atoms with Crippen LogP contribution in [-0.2, 0) is 0 Å². The number of hydrogen-bond acceptors (Lipinski definition) is 6. The molecule has 0 aliphatic rings. The summed E-state index contributed by atoms with van der Waals surface area (Å²) < 4.78 is 5.99. The summed E-state index contributed by atoms with van der Waals surface area (Å²) in [4.78, 5) is 24.7. The highest BCUT2D eigenvalue weighted by atomic mass is 16.3. The molecule has 0 N–H and O–H groups in total. The first-order valence-corrected chi connectivity index (χ1v) is 15.4. The van der Waals surface area contributed by atoms with Gasteiger partial charge in [-0.25, -0.2) is 24.9 Å². The second kappa shape index (κ2) is 11.1. The molecule has 6 heteroatoms. The molecule has 6 nitrogen and oxygen atoms in total. The smallest absolute Gasteiger partial charge is 0.164 e. The predicted octanol–water partition coefficient (Wildman–Crippen LogP) is 10.0. The van der Waals surface area contributed by atoms with Gasteiger partial charge in [-0.15, -0.1) is 0 Å². The van der Waals surface area contributed by atoms with Gasteiger partial charge < -0.3 is 4.42 Å². The van der Waals surface area contributed by atoms with Gasteiger partial charge in [0.25, 0.3) is 0 Å². The Balaban J connectivity index is 1.11. The van der Waals surface area contributed by atoms with E-state index in [0.29, 0.717) is 17.5 Å². The Labute approximate surface area is 270 Å². The highest BCUT2D eigenvalue weighted by Crippen LogP contribution is 2.33. The van der Waals surface area contributed by atoms with Crippen molar-refractivity contribution >= 4 is 33.0 Å². The summed E-state index contributed by atoms with van der Waals surface area (Å²) in [6.45, 7) is 0. The SMILES string of the molecule is c1ccc(-c2nc(-c3ccccc3)nc(-c3ccc(-c4cccc5ccc(-c6ccc7oc8ccccc8c7n6)nc45)cc3)n2)cc1. The lowest BCUT2D eigenvalue weighted by molar-refractivity contribution is 0.668. The zero-order valence-corrected chi connectivity index (χ0v) is 25.1. The first-order valence-electron chi connectivity index (χ1n) is 15.4. The first-order chi connectivity index (χ1) is 23.3. The molecule has 0 aliphatic heterocycles. The topological polar surface area (TPSA) is 77.6 Å². The second-order valence-electron chi connectivity index (χ2n) is 11.3. The Morgan fingerprint density at radius 3 is 1.57 bits per heavy atom. The van der Waals surface area contributed by atoms with E-state index in [2.05, 4.69) is 48.5 Å². The Kier molecular flexibility index (Phi) is 6.35. The van der Waals surface area contributed by atoms with Gasteiger partial charge in [-0.3, -0.25) is 0 Å². The molecule has 0 saturated heterocycles. The number of furan rings is 1. The molecule has 0 unspecified atom stereocenters. The fourth-order valence-electron chi connectivity index (χ4n) is 5.99. The van der Waals surface area contributed by atoms with Crippen molar-refractivity contribution in [3.05, 3.63) is 152 Å². The van der Waals surface area contributed by atoms with Gasteiger partial charge in [0.15, 0.2) is 23.1 Å². The summed E-state index contributed by atoms with van der Waals surface area (Å²) in [5.74, 6) is 1.90. The zero-order chi connectivity index (χ0) is 31.2. The molecule has 47 heavy (non-hydrogen) atoms. The van der Waals surface area contributed by atoms with E-state index in [-0.39, 0.29) is 0 Å². The van der Waals surface area contributed by atoms with Crippen LogP contribution in [0.25, 0.3) is 89.7 Å². The van der Waals surface area contributed by atoms with E-state index in [1.807, 2.05) is 103 Å². The summed E-state index contributed by atoms with van der Waals surface area (Å²) in [5, 5.41) is 2.05. The third kappa shape index (κ3) is 4.89. The van der Waals surface area contributed by atoms with Gasteiger partial charge in [-0.1, -0.05) is 121 Å². The van der Waals surface area contributed by atoms with Crippen LogP contribution in [0.2, 0.25) is 0 Å². The largest absolute Gasteiger partial charge is 0.454 e. The van der Waals surface area contributed by atoms with Crippen LogP contribution in [0.3, 0.4) is 0 Å². The van der Waals surface area contributed by atoms with E-state index in [0.717, 1.165) is 72.2 Å². The molecule has 4 heterocycles. The number of rotatable bonds is 5. The molecule has 0 aliphatic carbocycles. The van der Waals surface area contributed by atoms with Gasteiger partial charge in [0, 0.05) is 33.0 Å². The van der Waals surface area contributed by atoms with Crippen molar-refractivity contribution in [1.29, 1.82) is 0 Å². The molecule has 0 fully saturated rings. The van der Waals surface area contributed by atoms with Crippen LogP contribution in [0.4, 0.5) is 0 Å². The number of pyridine rings is 2. The third-order valence-corrected chi connectivity index (χ3v) is 8.36. The highest BCUT2D eigenvalue weighted by Gasteiger charge is 2.15. The standard InChI is InChI=1S/C41H25N5O/c1-3-10-28(11-4-1)39-44-40(29-12-5-2-6-13-29)46-41(45-39)30-20-18-26(19-21-30)31-16-9-14-27-22-23-33(42-37(27)31)34-24-25-36-38(43-34)32-15-7-8-17-35(32)47-36/h1-25H. The molecule has 5 aromatic carbocycles. The molecule has 220 valence electrons. The summed E-state index contributed by atoms with van der Waals surface area (Å²) >= 11 is 0. The quantitative estimate of drug-likeness (QED) is 0.195. The minimum atomic E-state index is 0.621. The summed E-state index contributed by atoms with van der Waals surface area (Å²) in [5.41, 5.74) is 9.83. The average molecular weight is 604 g/mol. The van der Waals surface area contributed by atoms with Crippen molar-refractivity contribution in [3.8, 4) is 56.7 Å². The maximum atomic E-state index is 5.99. The molecule has 0 amide bonds. The van der Waals surface area contributed by atoms with Gasteiger partial charge in [0.1, 0.15) is 11.1 Å². The Hall–Kier alpha value is -6.53. The number of para-hydroxylation sites is 2. The number of aromatic nitrogens is 5. The van der Waals surface area contributed by atoms with Gasteiger partial charge >= 0.3 is 0 Å². The van der Waals surface area contributed by atoms with Gasteiger partial charge in [0.2, 0.25) is 0 Å². The van der Waals surface area contributed by atoms with Crippen molar-refractivity contribution in [1.82, 2.24) is 24.9 Å². The normalized spacial score (nSPS) is 11.4. The summed E-state index contributed by atoms with van der Waals surface area (Å²) in [6, 6.07) is 50.7. The lowest BCUT2D eigenvalue weighted by Gasteiger charge is -2.10. The molecule has 0 spiro atoms. The minimum Gasteiger partial charge on any atom is -0.454 e. The van der Waals surface area contributed by atoms with E-state index in [4.69, 9.17) is 29.3 Å². The Bertz CT molecular complexity index is 2500. The van der Waals surface area contributed by atoms with Crippen LogP contribution in [0.1, 0.15) is 0 Å². The molecule has 0 bridgehead atoms. The van der Waals surface area contributed by atoms with E-state index >= 15 is 0 Å². The van der Waals surface area contributed by atoms with E-state index in [1.165, 1.54) is 0 Å². The lowest BCUT2D eigenvalue weighted by atomic mass is 10.00. The van der Waals surface area contributed by atoms with Crippen molar-refractivity contribution in [3.63, 3.8) is 0 Å². The maximum Gasteiger partial charge on any atom is 0.164 e. The molecular weight excluding hydrogens is 578 g/mol. The first kappa shape index (κ1) is 26.8. The fraction of sp³-hybridized carbons (Fsp3) is 0. The lowest BCUT2D eigenvalue weighted by Crippen LogP contribution is -2.00. The van der Waals surface area contributed by atoms with Crippen LogP contribution in [0.15, 0.2) is 156 Å². The van der Waals surface area contributed by atoms with Crippen LogP contribution in [0.5, 0.6) is 0 Å². The van der Waals surface area contributed by atoms with Crippen LogP contribution < -0.4 is 0 Å². The molecule has 0 saturated carbocycles. The van der Waals surface area contributed by atoms with Crippen molar-refractivity contribution < 1.29 is 4.42 Å². The van der Waals surface area contributed by atoms with Gasteiger partial charge in [0.05, 0.1) is 16.9 Å². The number of fused-ring (bicyclic) bond motifs is 4. The summed E-state index contributed by atoms with van der Waals surface area (Å²) in [6.07, 6.45) is 0. The average Bonchev–Trinajstić information content (AvgIpc) is 3.53. The summed E-state index contributed by atoms with van der Waals surface area (Å²) in [7, 11) is 0. The van der Waals surface area contributed by atoms with E-state index in [1.54, 1.807) is 0 Å². The van der Waals surface area contributed by atoms with Crippen LogP contribution in [-0.4, -0.2) is 24.9 Å². The van der Waals surface area contributed by atoms with E-state index in [9.17, 15) is 0 Å². The predicted molar refractivity (Wildman–Crippen MR) is 187 cm³/mol. The number of nitrogens with zero attached hydrogens (tertiary/aromatic N) is 5. The third-order valence-electron chi connectivity index (χ3n) is 8.36. The minimum absolute atomic E-state index is 0.621. The van der Waals surface area contributed by atoms with Crippen LogP contribution in [0, 0.1) is 0 Å². The Morgan fingerprint density at radius 1 is 0.340 bits per heavy atom. The van der Waals surface area contributed by atoms with E-state index < -0.39 is 0 Å². The number of hydrogen-bond donors (Lipinski definition) is 0. The molecule has 9 rings (SSSR count). The fourth-order valence-corrected chi connectivity index (χ4v) is 5.99. The van der Waals surface area contributed by atoms with Crippen molar-refractivity contribution in [2.24, 2.45) is 0 Å². The maximum absolute atomic E-state index is 5.99. The second-order valence-corrected chi connectivity index (χ2v) is 11.3. The highest BCUT2D eigenvalue weighted by molar-refractivity contribution is 6.03. The van der Waals surface area contributed by atoms with Crippen LogP contribution >= 0.6 is 0 Å². The molecule has 4 aromatic heterocycles. The zero-order valence-electron chi connectivity index (χ0n) is 25.1.